The van der Waals surface area contributed by atoms with Gasteiger partial charge in [0.1, 0.15) is 0 Å². The summed E-state index contributed by atoms with van der Waals surface area (Å²) in [7, 11) is 0. The van der Waals surface area contributed by atoms with Crippen molar-refractivity contribution in [3.63, 3.8) is 0 Å². The van der Waals surface area contributed by atoms with Crippen molar-refractivity contribution in [2.75, 3.05) is 18.5 Å². The number of rotatable bonds is 4. The van der Waals surface area contributed by atoms with E-state index in [0.29, 0.717) is 12.2 Å². The van der Waals surface area contributed by atoms with Gasteiger partial charge in [0.25, 0.3) is 0 Å². The zero-order valence-electron chi connectivity index (χ0n) is 6.90. The summed E-state index contributed by atoms with van der Waals surface area (Å²) in [6.07, 6.45) is 2.77. The molecule has 5 nitrogen and oxygen atoms in total. The normalized spacial score (nSPS) is 9.62. The molecule has 3 N–H and O–H groups in total. The van der Waals surface area contributed by atoms with Gasteiger partial charge in [-0.3, -0.25) is 4.98 Å². The highest BCUT2D eigenvalue weighted by Crippen LogP contribution is 2.07. The minimum atomic E-state index is -1.01. The molecule has 0 aliphatic rings. The summed E-state index contributed by atoms with van der Waals surface area (Å²) < 4.78 is 0. The number of nitrogens with zero attached hydrogens (tertiary/aromatic N) is 1. The van der Waals surface area contributed by atoms with Gasteiger partial charge in [-0.2, -0.15) is 0 Å². The quantitative estimate of drug-likeness (QED) is 0.619. The average Bonchev–Trinajstić information content (AvgIpc) is 2.15. The molecular weight excluding hydrogens is 172 g/mol. The number of aliphatic hydroxyl groups excluding tert-OH is 1. The summed E-state index contributed by atoms with van der Waals surface area (Å²) in [5.41, 5.74) is 0.719. The van der Waals surface area contributed by atoms with E-state index in [0.717, 1.165) is 0 Å². The Morgan fingerprint density at radius 3 is 2.92 bits per heavy atom. The summed E-state index contributed by atoms with van der Waals surface area (Å²) in [5.74, 6) is -1.01. The van der Waals surface area contributed by atoms with Crippen LogP contribution in [0.3, 0.4) is 0 Å². The number of carbonyl (C=O) groups is 1. The van der Waals surface area contributed by atoms with E-state index < -0.39 is 5.97 Å². The Morgan fingerprint density at radius 1 is 1.54 bits per heavy atom. The van der Waals surface area contributed by atoms with Crippen LogP contribution in [0.5, 0.6) is 0 Å². The molecule has 0 amide bonds. The van der Waals surface area contributed by atoms with Gasteiger partial charge in [-0.05, 0) is 6.07 Å². The summed E-state index contributed by atoms with van der Waals surface area (Å²) in [6, 6.07) is 1.46. The third-order valence-electron chi connectivity index (χ3n) is 1.43. The second-order valence-corrected chi connectivity index (χ2v) is 2.42. The zero-order chi connectivity index (χ0) is 9.68. The second-order valence-electron chi connectivity index (χ2n) is 2.42. The van der Waals surface area contributed by atoms with E-state index >= 15 is 0 Å². The van der Waals surface area contributed by atoms with Crippen molar-refractivity contribution in [1.29, 1.82) is 0 Å². The maximum Gasteiger partial charge on any atom is 0.337 e. The lowest BCUT2D eigenvalue weighted by Gasteiger charge is -2.03. The van der Waals surface area contributed by atoms with Gasteiger partial charge in [0.15, 0.2) is 0 Å². The molecule has 1 aromatic heterocycles. The average molecular weight is 182 g/mol. The fraction of sp³-hybridized carbons (Fsp3) is 0.250. The molecule has 1 aromatic rings. The largest absolute Gasteiger partial charge is 0.478 e. The zero-order valence-corrected chi connectivity index (χ0v) is 6.90. The Labute approximate surface area is 75.0 Å². The maximum atomic E-state index is 10.5. The fourth-order valence-corrected chi connectivity index (χ4v) is 0.854. The minimum absolute atomic E-state index is 0.00268. The van der Waals surface area contributed by atoms with Gasteiger partial charge in [-0.15, -0.1) is 0 Å². The number of hydrogen-bond donors (Lipinski definition) is 3. The molecule has 0 spiro atoms. The molecule has 0 saturated carbocycles. The SMILES string of the molecule is O=C(O)c1cncc(NCCO)c1. The van der Waals surface area contributed by atoms with E-state index in [4.69, 9.17) is 10.2 Å². The van der Waals surface area contributed by atoms with E-state index in [9.17, 15) is 4.79 Å². The summed E-state index contributed by atoms with van der Waals surface area (Å²) >= 11 is 0. The molecule has 0 bridgehead atoms. The third kappa shape index (κ3) is 2.72. The summed E-state index contributed by atoms with van der Waals surface area (Å²) in [5, 5.41) is 19.9. The number of pyridine rings is 1. The van der Waals surface area contributed by atoms with Crippen LogP contribution in [0.15, 0.2) is 18.5 Å². The van der Waals surface area contributed by atoms with Crippen molar-refractivity contribution in [3.05, 3.63) is 24.0 Å². The van der Waals surface area contributed by atoms with Crippen molar-refractivity contribution >= 4 is 11.7 Å². The highest BCUT2D eigenvalue weighted by Gasteiger charge is 2.02. The molecular formula is C8H10N2O3. The number of nitrogens with one attached hydrogen (secondary N) is 1. The standard InChI is InChI=1S/C8H10N2O3/c11-2-1-10-7-3-6(8(12)13)4-9-5-7/h3-5,10-11H,1-2H2,(H,12,13). The van der Waals surface area contributed by atoms with Crippen LogP contribution in [0, 0.1) is 0 Å². The minimum Gasteiger partial charge on any atom is -0.478 e. The molecule has 0 radical (unpaired) electrons. The highest BCUT2D eigenvalue weighted by molar-refractivity contribution is 5.88. The van der Waals surface area contributed by atoms with Gasteiger partial charge in [-0.25, -0.2) is 4.79 Å². The van der Waals surface area contributed by atoms with E-state index in [1.807, 2.05) is 0 Å². The van der Waals surface area contributed by atoms with E-state index in [1.165, 1.54) is 18.5 Å². The van der Waals surface area contributed by atoms with Gasteiger partial charge >= 0.3 is 5.97 Å². The predicted molar refractivity (Wildman–Crippen MR) is 46.8 cm³/mol. The lowest BCUT2D eigenvalue weighted by atomic mass is 10.2. The molecule has 5 heteroatoms. The van der Waals surface area contributed by atoms with Crippen LogP contribution >= 0.6 is 0 Å². The Hall–Kier alpha value is -1.62. The van der Waals surface area contributed by atoms with Gasteiger partial charge < -0.3 is 15.5 Å². The van der Waals surface area contributed by atoms with Crippen molar-refractivity contribution < 1.29 is 15.0 Å². The first-order valence-electron chi connectivity index (χ1n) is 3.77. The number of hydrogen-bond acceptors (Lipinski definition) is 4. The van der Waals surface area contributed by atoms with Crippen LogP contribution in [0.2, 0.25) is 0 Å². The summed E-state index contributed by atoms with van der Waals surface area (Å²) in [6.45, 7) is 0.377. The van der Waals surface area contributed by atoms with E-state index in [-0.39, 0.29) is 12.2 Å². The monoisotopic (exact) mass is 182 g/mol. The second kappa shape index (κ2) is 4.42. The molecule has 13 heavy (non-hydrogen) atoms. The lowest BCUT2D eigenvalue weighted by molar-refractivity contribution is 0.0696. The smallest absolute Gasteiger partial charge is 0.337 e. The molecule has 0 aliphatic heterocycles. The highest BCUT2D eigenvalue weighted by atomic mass is 16.4. The number of carboxylic acids is 1. The van der Waals surface area contributed by atoms with Crippen LogP contribution in [0.1, 0.15) is 10.4 Å². The van der Waals surface area contributed by atoms with Crippen LogP contribution in [-0.2, 0) is 0 Å². The number of carboxylic acid groups (broad SMARTS) is 1. The molecule has 0 saturated heterocycles. The van der Waals surface area contributed by atoms with Gasteiger partial charge in [0, 0.05) is 18.9 Å². The van der Waals surface area contributed by atoms with Crippen LogP contribution < -0.4 is 5.32 Å². The molecule has 0 aromatic carbocycles. The van der Waals surface area contributed by atoms with Crippen molar-refractivity contribution in [2.45, 2.75) is 0 Å². The van der Waals surface area contributed by atoms with Crippen molar-refractivity contribution in [2.24, 2.45) is 0 Å². The van der Waals surface area contributed by atoms with Crippen molar-refractivity contribution in [3.8, 4) is 0 Å². The van der Waals surface area contributed by atoms with Crippen molar-refractivity contribution in [1.82, 2.24) is 4.98 Å². The van der Waals surface area contributed by atoms with Gasteiger partial charge in [-0.1, -0.05) is 0 Å². The number of anilines is 1. The number of aromatic carboxylic acids is 1. The topological polar surface area (TPSA) is 82.5 Å². The lowest BCUT2D eigenvalue weighted by Crippen LogP contribution is -2.07. The molecule has 0 unspecified atom stereocenters. The molecule has 0 fully saturated rings. The van der Waals surface area contributed by atoms with Gasteiger partial charge in [0.05, 0.1) is 17.9 Å². The molecule has 1 rings (SSSR count). The summed E-state index contributed by atoms with van der Waals surface area (Å²) in [4.78, 5) is 14.2. The molecule has 1 heterocycles. The Kier molecular flexibility index (Phi) is 3.22. The Morgan fingerprint density at radius 2 is 2.31 bits per heavy atom. The first-order chi connectivity index (χ1) is 6.24. The predicted octanol–water partition coefficient (Wildman–Crippen LogP) is 0.184. The van der Waals surface area contributed by atoms with Crippen LogP contribution in [-0.4, -0.2) is 34.3 Å². The number of aliphatic hydroxyl groups is 1. The molecule has 0 aliphatic carbocycles. The third-order valence-corrected chi connectivity index (χ3v) is 1.43. The first-order valence-corrected chi connectivity index (χ1v) is 3.77. The Balaban J connectivity index is 2.73. The molecule has 70 valence electrons. The first kappa shape index (κ1) is 9.47. The van der Waals surface area contributed by atoms with Crippen LogP contribution in [0.25, 0.3) is 0 Å². The van der Waals surface area contributed by atoms with E-state index in [2.05, 4.69) is 10.3 Å². The fourth-order valence-electron chi connectivity index (χ4n) is 0.854. The van der Waals surface area contributed by atoms with Crippen LogP contribution in [0.4, 0.5) is 5.69 Å². The Bertz CT molecular complexity index is 301. The molecule has 0 atom stereocenters. The number of aromatic nitrogens is 1. The van der Waals surface area contributed by atoms with E-state index in [1.54, 1.807) is 0 Å². The maximum absolute atomic E-state index is 10.5. The van der Waals surface area contributed by atoms with Gasteiger partial charge in [0.2, 0.25) is 0 Å².